The summed E-state index contributed by atoms with van der Waals surface area (Å²) in [6.45, 7) is 0.193. The van der Waals surface area contributed by atoms with Crippen LogP contribution in [0.5, 0.6) is 0 Å². The fraction of sp³-hybridized carbons (Fsp3) is 0.316. The van der Waals surface area contributed by atoms with Crippen molar-refractivity contribution in [3.63, 3.8) is 0 Å². The number of aliphatic hydroxyl groups is 1. The molecular weight excluding hydrogens is 331 g/mol. The van der Waals surface area contributed by atoms with Gasteiger partial charge < -0.3 is 10.0 Å². The van der Waals surface area contributed by atoms with Crippen LogP contribution in [0.25, 0.3) is 0 Å². The predicted molar refractivity (Wildman–Crippen MR) is 89.3 cm³/mol. The first-order valence-corrected chi connectivity index (χ1v) is 7.91. The summed E-state index contributed by atoms with van der Waals surface area (Å²) < 4.78 is 38.0. The fourth-order valence-electron chi connectivity index (χ4n) is 2.68. The van der Waals surface area contributed by atoms with Gasteiger partial charge in [0, 0.05) is 31.7 Å². The van der Waals surface area contributed by atoms with Crippen LogP contribution in [-0.4, -0.2) is 36.1 Å². The minimum atomic E-state index is -4.38. The molecule has 1 atom stereocenters. The Hall–Kier alpha value is -2.34. The van der Waals surface area contributed by atoms with E-state index in [-0.39, 0.29) is 18.4 Å². The highest BCUT2D eigenvalue weighted by Crippen LogP contribution is 2.31. The zero-order valence-corrected chi connectivity index (χ0v) is 13.8. The average Bonchev–Trinajstić information content (AvgIpc) is 2.60. The molecule has 0 radical (unpaired) electrons. The summed E-state index contributed by atoms with van der Waals surface area (Å²) in [5.41, 5.74) is 0.489. The zero-order chi connectivity index (χ0) is 18.4. The maximum Gasteiger partial charge on any atom is 0.416 e. The molecule has 0 saturated carbocycles. The van der Waals surface area contributed by atoms with Gasteiger partial charge in [-0.15, -0.1) is 0 Å². The van der Waals surface area contributed by atoms with Gasteiger partial charge in [-0.2, -0.15) is 13.2 Å². The zero-order valence-electron chi connectivity index (χ0n) is 13.8. The average molecular weight is 351 g/mol. The van der Waals surface area contributed by atoms with E-state index in [1.165, 1.54) is 17.0 Å². The van der Waals surface area contributed by atoms with E-state index in [0.717, 1.165) is 12.1 Å². The molecule has 1 unspecified atom stereocenters. The van der Waals surface area contributed by atoms with E-state index in [4.69, 9.17) is 0 Å². The third-order valence-corrected chi connectivity index (χ3v) is 4.05. The normalized spacial score (nSPS) is 12.7. The van der Waals surface area contributed by atoms with Gasteiger partial charge in [0.05, 0.1) is 5.56 Å². The number of amides is 1. The number of aliphatic hydroxyl groups excluding tert-OH is 1. The van der Waals surface area contributed by atoms with E-state index in [1.807, 2.05) is 6.07 Å². The molecule has 1 amide bonds. The molecule has 1 N–H and O–H groups in total. The minimum absolute atomic E-state index is 0.112. The lowest BCUT2D eigenvalue weighted by Gasteiger charge is -2.24. The predicted octanol–water partition coefficient (Wildman–Crippen LogP) is 3.94. The van der Waals surface area contributed by atoms with Crippen molar-refractivity contribution < 1.29 is 23.1 Å². The molecule has 25 heavy (non-hydrogen) atoms. The second-order valence-electron chi connectivity index (χ2n) is 5.88. The van der Waals surface area contributed by atoms with Crippen molar-refractivity contribution in [3.8, 4) is 0 Å². The smallest absolute Gasteiger partial charge is 0.396 e. The largest absolute Gasteiger partial charge is 0.416 e. The molecule has 0 aromatic heterocycles. The highest BCUT2D eigenvalue weighted by Gasteiger charge is 2.30. The maximum atomic E-state index is 12.7. The number of benzene rings is 2. The lowest BCUT2D eigenvalue weighted by atomic mass is 9.94. The number of alkyl halides is 3. The van der Waals surface area contributed by atoms with Gasteiger partial charge in [0.1, 0.15) is 0 Å². The van der Waals surface area contributed by atoms with Crippen LogP contribution in [0.4, 0.5) is 13.2 Å². The summed E-state index contributed by atoms with van der Waals surface area (Å²) in [7, 11) is 1.64. The number of likely N-dealkylation sites (N-methyl/N-ethyl adjacent to an activating group) is 1. The Balaban J connectivity index is 2.13. The van der Waals surface area contributed by atoms with E-state index < -0.39 is 11.7 Å². The molecule has 2 aromatic rings. The maximum absolute atomic E-state index is 12.7. The van der Waals surface area contributed by atoms with E-state index in [0.29, 0.717) is 24.1 Å². The topological polar surface area (TPSA) is 40.5 Å². The SMILES string of the molecule is CN(CC(CCO)c1ccc(C(F)(F)F)cc1)C(=O)c1ccccc1. The van der Waals surface area contributed by atoms with Gasteiger partial charge in [0.25, 0.3) is 5.91 Å². The van der Waals surface area contributed by atoms with Crippen LogP contribution >= 0.6 is 0 Å². The molecule has 0 spiro atoms. The van der Waals surface area contributed by atoms with Crippen molar-refractivity contribution >= 4 is 5.91 Å². The highest BCUT2D eigenvalue weighted by atomic mass is 19.4. The summed E-state index contributed by atoms with van der Waals surface area (Å²) in [6, 6.07) is 13.6. The molecule has 0 heterocycles. The van der Waals surface area contributed by atoms with Crippen LogP contribution in [0.15, 0.2) is 54.6 Å². The minimum Gasteiger partial charge on any atom is -0.396 e. The van der Waals surface area contributed by atoms with Gasteiger partial charge in [-0.25, -0.2) is 0 Å². The van der Waals surface area contributed by atoms with Crippen LogP contribution in [0, 0.1) is 0 Å². The van der Waals surface area contributed by atoms with Crippen molar-refractivity contribution in [3.05, 3.63) is 71.3 Å². The molecule has 3 nitrogen and oxygen atoms in total. The molecule has 0 saturated heterocycles. The molecule has 6 heteroatoms. The molecule has 134 valence electrons. The molecule has 2 aromatic carbocycles. The molecule has 0 aliphatic rings. The van der Waals surface area contributed by atoms with Gasteiger partial charge in [-0.1, -0.05) is 30.3 Å². The number of halogens is 3. The lowest BCUT2D eigenvalue weighted by Crippen LogP contribution is -2.31. The summed E-state index contributed by atoms with van der Waals surface area (Å²) in [4.78, 5) is 13.9. The summed E-state index contributed by atoms with van der Waals surface area (Å²) in [6.07, 6.45) is -4.02. The van der Waals surface area contributed by atoms with Gasteiger partial charge in [0.2, 0.25) is 0 Å². The van der Waals surface area contributed by atoms with Gasteiger partial charge in [0.15, 0.2) is 0 Å². The second kappa shape index (κ2) is 8.16. The van der Waals surface area contributed by atoms with Crippen LogP contribution in [-0.2, 0) is 6.18 Å². The Labute approximate surface area is 144 Å². The third kappa shape index (κ3) is 5.06. The van der Waals surface area contributed by atoms with Crippen molar-refractivity contribution in [1.82, 2.24) is 4.90 Å². The van der Waals surface area contributed by atoms with Gasteiger partial charge >= 0.3 is 6.18 Å². The molecule has 2 rings (SSSR count). The monoisotopic (exact) mass is 351 g/mol. The van der Waals surface area contributed by atoms with Crippen molar-refractivity contribution in [1.29, 1.82) is 0 Å². The van der Waals surface area contributed by atoms with Gasteiger partial charge in [-0.05, 0) is 36.2 Å². The van der Waals surface area contributed by atoms with Gasteiger partial charge in [-0.3, -0.25) is 4.79 Å². The summed E-state index contributed by atoms with van der Waals surface area (Å²) >= 11 is 0. The Morgan fingerprint density at radius 3 is 2.20 bits per heavy atom. The molecule has 0 fully saturated rings. The van der Waals surface area contributed by atoms with Crippen molar-refractivity contribution in [2.75, 3.05) is 20.2 Å². The Morgan fingerprint density at radius 1 is 1.08 bits per heavy atom. The van der Waals surface area contributed by atoms with Crippen LogP contribution < -0.4 is 0 Å². The number of carbonyl (C=O) groups excluding carboxylic acids is 1. The Bertz CT molecular complexity index is 684. The van der Waals surface area contributed by atoms with Crippen molar-refractivity contribution in [2.24, 2.45) is 0 Å². The Morgan fingerprint density at radius 2 is 1.68 bits per heavy atom. The second-order valence-corrected chi connectivity index (χ2v) is 5.88. The molecular formula is C19H20F3NO2. The number of nitrogens with zero attached hydrogens (tertiary/aromatic N) is 1. The van der Waals surface area contributed by atoms with E-state index in [2.05, 4.69) is 0 Å². The lowest BCUT2D eigenvalue weighted by molar-refractivity contribution is -0.137. The van der Waals surface area contributed by atoms with Crippen LogP contribution in [0.2, 0.25) is 0 Å². The third-order valence-electron chi connectivity index (χ3n) is 4.05. The van der Waals surface area contributed by atoms with E-state index >= 15 is 0 Å². The first-order valence-electron chi connectivity index (χ1n) is 7.91. The number of rotatable bonds is 6. The first kappa shape index (κ1) is 19.0. The number of hydrogen-bond donors (Lipinski definition) is 1. The quantitative estimate of drug-likeness (QED) is 0.856. The number of carbonyl (C=O) groups is 1. The Kier molecular flexibility index (Phi) is 6.20. The highest BCUT2D eigenvalue weighted by molar-refractivity contribution is 5.94. The molecule has 0 aliphatic carbocycles. The summed E-state index contributed by atoms with van der Waals surface area (Å²) in [5.74, 6) is -0.416. The van der Waals surface area contributed by atoms with E-state index in [1.54, 1.807) is 31.3 Å². The molecule has 0 aliphatic heterocycles. The van der Waals surface area contributed by atoms with Crippen LogP contribution in [0.1, 0.15) is 33.8 Å². The van der Waals surface area contributed by atoms with Crippen LogP contribution in [0.3, 0.4) is 0 Å². The standard InChI is InChI=1S/C19H20F3NO2/c1-23(18(25)15-5-3-2-4-6-15)13-16(11-12-24)14-7-9-17(10-8-14)19(20,21)22/h2-10,16,24H,11-13H2,1H3. The first-order chi connectivity index (χ1) is 11.8. The summed E-state index contributed by atoms with van der Waals surface area (Å²) in [5, 5.41) is 9.27. The fourth-order valence-corrected chi connectivity index (χ4v) is 2.68. The van der Waals surface area contributed by atoms with Crippen molar-refractivity contribution in [2.45, 2.75) is 18.5 Å². The number of hydrogen-bond acceptors (Lipinski definition) is 2. The molecule has 0 bridgehead atoms. The van der Waals surface area contributed by atoms with E-state index in [9.17, 15) is 23.1 Å².